The highest BCUT2D eigenvalue weighted by molar-refractivity contribution is 5.97. The van der Waals surface area contributed by atoms with Crippen molar-refractivity contribution in [2.75, 3.05) is 6.61 Å². The average molecular weight is 513 g/mol. The van der Waals surface area contributed by atoms with Gasteiger partial charge in [-0.05, 0) is 131 Å². The Kier molecular flexibility index (Phi) is 10.9. The van der Waals surface area contributed by atoms with Crippen molar-refractivity contribution in [3.8, 4) is 5.75 Å². The minimum absolute atomic E-state index is 0.100. The van der Waals surface area contributed by atoms with Gasteiger partial charge < -0.3 is 4.74 Å². The molecule has 0 N–H and O–H groups in total. The van der Waals surface area contributed by atoms with Gasteiger partial charge in [0.1, 0.15) is 0 Å². The quantitative estimate of drug-likeness (QED) is 0.218. The third-order valence-electron chi connectivity index (χ3n) is 10.6. The molecular formula is C34H53FO2. The molecule has 3 aliphatic carbocycles. The van der Waals surface area contributed by atoms with Crippen LogP contribution in [0.5, 0.6) is 5.75 Å². The van der Waals surface area contributed by atoms with E-state index in [-0.39, 0.29) is 17.3 Å². The molecule has 0 bridgehead atoms. The fourth-order valence-corrected chi connectivity index (χ4v) is 8.18. The number of hydrogen-bond donors (Lipinski definition) is 0. The standard InChI is InChI=1S/C34H53FO2/c1-4-6-7-8-25-9-13-27(14-10-25)29-17-19-30(20-18-29)28-15-11-26(12-16-28)23-32(36)31-21-22-33(37-5-2)34(35)24(31)3/h21-22,25-30H,4-20,23H2,1-3H3. The lowest BCUT2D eigenvalue weighted by Crippen LogP contribution is -2.30. The summed E-state index contributed by atoms with van der Waals surface area (Å²) in [7, 11) is 0. The van der Waals surface area contributed by atoms with Crippen molar-refractivity contribution in [1.82, 2.24) is 0 Å². The number of carbonyl (C=O) groups is 1. The SMILES string of the molecule is CCCCCC1CCC(C2CCC(C3CCC(CC(=O)c4ccc(OCC)c(F)c4C)CC3)CC2)CC1. The van der Waals surface area contributed by atoms with Crippen molar-refractivity contribution >= 4 is 5.78 Å². The van der Waals surface area contributed by atoms with Crippen LogP contribution in [0.15, 0.2) is 12.1 Å². The second-order valence-electron chi connectivity index (χ2n) is 12.8. The van der Waals surface area contributed by atoms with Gasteiger partial charge in [0, 0.05) is 12.0 Å². The summed E-state index contributed by atoms with van der Waals surface area (Å²) in [5, 5.41) is 0. The van der Waals surface area contributed by atoms with E-state index in [0.29, 0.717) is 30.1 Å². The maximum atomic E-state index is 14.6. The Morgan fingerprint density at radius 1 is 0.784 bits per heavy atom. The van der Waals surface area contributed by atoms with Crippen LogP contribution < -0.4 is 4.74 Å². The zero-order valence-corrected chi connectivity index (χ0v) is 24.0. The summed E-state index contributed by atoms with van der Waals surface area (Å²) in [4.78, 5) is 13.0. The van der Waals surface area contributed by atoms with E-state index in [1.165, 1.54) is 89.9 Å². The lowest BCUT2D eigenvalue weighted by Gasteiger charge is -2.41. The molecule has 2 nitrogen and oxygen atoms in total. The molecule has 3 aliphatic rings. The van der Waals surface area contributed by atoms with Crippen molar-refractivity contribution in [1.29, 1.82) is 0 Å². The fourth-order valence-electron chi connectivity index (χ4n) is 8.18. The third kappa shape index (κ3) is 7.60. The highest BCUT2D eigenvalue weighted by Gasteiger charge is 2.35. The molecule has 0 saturated heterocycles. The number of ether oxygens (including phenoxy) is 1. The number of ketones is 1. The predicted octanol–water partition coefficient (Wildman–Crippen LogP) is 10.1. The summed E-state index contributed by atoms with van der Waals surface area (Å²) >= 11 is 0. The van der Waals surface area contributed by atoms with E-state index < -0.39 is 0 Å². The summed E-state index contributed by atoms with van der Waals surface area (Å²) in [6.45, 7) is 6.29. The molecule has 0 heterocycles. The van der Waals surface area contributed by atoms with Crippen LogP contribution in [-0.2, 0) is 0 Å². The van der Waals surface area contributed by atoms with Gasteiger partial charge in [0.05, 0.1) is 6.61 Å². The Morgan fingerprint density at radius 3 is 1.81 bits per heavy atom. The highest BCUT2D eigenvalue weighted by atomic mass is 19.1. The topological polar surface area (TPSA) is 26.3 Å². The number of benzene rings is 1. The number of Topliss-reactive ketones (excluding diaryl/α,β-unsaturated/α-hetero) is 1. The Labute approximate surface area is 226 Å². The van der Waals surface area contributed by atoms with Gasteiger partial charge >= 0.3 is 0 Å². The first-order valence-corrected chi connectivity index (χ1v) is 15.9. The van der Waals surface area contributed by atoms with Gasteiger partial charge in [-0.1, -0.05) is 45.4 Å². The molecule has 208 valence electrons. The predicted molar refractivity (Wildman–Crippen MR) is 152 cm³/mol. The van der Waals surface area contributed by atoms with E-state index in [0.717, 1.165) is 42.4 Å². The van der Waals surface area contributed by atoms with Crippen LogP contribution >= 0.6 is 0 Å². The first-order chi connectivity index (χ1) is 18.0. The van der Waals surface area contributed by atoms with Gasteiger partial charge in [0.25, 0.3) is 0 Å². The maximum absolute atomic E-state index is 14.6. The molecule has 0 atom stereocenters. The summed E-state index contributed by atoms with van der Waals surface area (Å²) in [6.07, 6.45) is 23.0. The summed E-state index contributed by atoms with van der Waals surface area (Å²) < 4.78 is 19.9. The molecule has 3 heteroatoms. The van der Waals surface area contributed by atoms with Crippen LogP contribution in [0.4, 0.5) is 4.39 Å². The average Bonchev–Trinajstić information content (AvgIpc) is 2.92. The van der Waals surface area contributed by atoms with E-state index in [9.17, 15) is 9.18 Å². The number of unbranched alkanes of at least 4 members (excludes halogenated alkanes) is 2. The fraction of sp³-hybridized carbons (Fsp3) is 0.794. The molecule has 1 aromatic rings. The normalized spacial score (nSPS) is 30.7. The van der Waals surface area contributed by atoms with E-state index >= 15 is 0 Å². The highest BCUT2D eigenvalue weighted by Crippen LogP contribution is 2.46. The van der Waals surface area contributed by atoms with E-state index in [1.807, 2.05) is 6.92 Å². The largest absolute Gasteiger partial charge is 0.491 e. The maximum Gasteiger partial charge on any atom is 0.168 e. The van der Waals surface area contributed by atoms with Gasteiger partial charge in [-0.3, -0.25) is 4.79 Å². The smallest absolute Gasteiger partial charge is 0.168 e. The molecule has 3 saturated carbocycles. The van der Waals surface area contributed by atoms with Gasteiger partial charge in [-0.25, -0.2) is 4.39 Å². The van der Waals surface area contributed by atoms with Crippen molar-refractivity contribution in [3.05, 3.63) is 29.1 Å². The second kappa shape index (κ2) is 14.1. The van der Waals surface area contributed by atoms with Gasteiger partial charge in [0.2, 0.25) is 0 Å². The van der Waals surface area contributed by atoms with Crippen molar-refractivity contribution in [3.63, 3.8) is 0 Å². The van der Waals surface area contributed by atoms with E-state index in [2.05, 4.69) is 6.92 Å². The summed E-state index contributed by atoms with van der Waals surface area (Å²) in [6, 6.07) is 3.38. The molecule has 0 unspecified atom stereocenters. The van der Waals surface area contributed by atoms with Crippen LogP contribution in [-0.4, -0.2) is 12.4 Å². The van der Waals surface area contributed by atoms with Gasteiger partial charge in [-0.15, -0.1) is 0 Å². The zero-order chi connectivity index (χ0) is 26.2. The molecular weight excluding hydrogens is 459 g/mol. The molecule has 1 aromatic carbocycles. The van der Waals surface area contributed by atoms with Crippen LogP contribution in [0.1, 0.15) is 139 Å². The van der Waals surface area contributed by atoms with E-state index in [4.69, 9.17) is 4.74 Å². The van der Waals surface area contributed by atoms with Crippen LogP contribution in [0.3, 0.4) is 0 Å². The minimum atomic E-state index is -0.382. The Balaban J connectivity index is 1.16. The Bertz CT molecular complexity index is 840. The van der Waals surface area contributed by atoms with Crippen molar-refractivity contribution in [2.24, 2.45) is 35.5 Å². The van der Waals surface area contributed by atoms with Crippen molar-refractivity contribution < 1.29 is 13.9 Å². The second-order valence-corrected chi connectivity index (χ2v) is 12.8. The molecule has 4 rings (SSSR count). The van der Waals surface area contributed by atoms with Crippen LogP contribution in [0.25, 0.3) is 0 Å². The molecule has 0 spiro atoms. The number of carbonyl (C=O) groups excluding carboxylic acids is 1. The molecule has 0 radical (unpaired) electrons. The number of halogens is 1. The Hall–Kier alpha value is -1.38. The number of rotatable bonds is 11. The molecule has 0 aromatic heterocycles. The van der Waals surface area contributed by atoms with Gasteiger partial charge in [0.15, 0.2) is 17.3 Å². The zero-order valence-electron chi connectivity index (χ0n) is 24.0. The van der Waals surface area contributed by atoms with Gasteiger partial charge in [-0.2, -0.15) is 0 Å². The molecule has 0 aliphatic heterocycles. The first-order valence-electron chi connectivity index (χ1n) is 15.9. The van der Waals surface area contributed by atoms with Crippen LogP contribution in [0, 0.1) is 48.2 Å². The summed E-state index contributed by atoms with van der Waals surface area (Å²) in [5.41, 5.74) is 0.975. The lowest BCUT2D eigenvalue weighted by molar-refractivity contribution is 0.0884. The minimum Gasteiger partial charge on any atom is -0.491 e. The lowest BCUT2D eigenvalue weighted by atomic mass is 9.64. The number of hydrogen-bond acceptors (Lipinski definition) is 2. The third-order valence-corrected chi connectivity index (χ3v) is 10.6. The Morgan fingerprint density at radius 2 is 1.30 bits per heavy atom. The molecule has 37 heavy (non-hydrogen) atoms. The van der Waals surface area contributed by atoms with E-state index in [1.54, 1.807) is 19.1 Å². The molecule has 3 fully saturated rings. The first kappa shape index (κ1) is 28.6. The van der Waals surface area contributed by atoms with Crippen LogP contribution in [0.2, 0.25) is 0 Å². The summed E-state index contributed by atoms with van der Waals surface area (Å²) in [5.74, 6) is 5.25. The van der Waals surface area contributed by atoms with Crippen molar-refractivity contribution in [2.45, 2.75) is 130 Å². The molecule has 0 amide bonds. The monoisotopic (exact) mass is 512 g/mol.